The second kappa shape index (κ2) is 6.03. The largest absolute Gasteiger partial charge is 0.306 e. The van der Waals surface area contributed by atoms with Crippen molar-refractivity contribution < 1.29 is 0 Å². The van der Waals surface area contributed by atoms with E-state index in [1.807, 2.05) is 12.3 Å². The summed E-state index contributed by atoms with van der Waals surface area (Å²) in [5, 5.41) is 12.9. The van der Waals surface area contributed by atoms with E-state index < -0.39 is 0 Å². The Labute approximate surface area is 122 Å². The predicted molar refractivity (Wildman–Crippen MR) is 83.6 cm³/mol. The van der Waals surface area contributed by atoms with Crippen molar-refractivity contribution in [3.05, 3.63) is 65.2 Å². The van der Waals surface area contributed by atoms with E-state index in [9.17, 15) is 0 Å². The van der Waals surface area contributed by atoms with Crippen LogP contribution in [-0.4, -0.2) is 10.2 Å². The maximum Gasteiger partial charge on any atom is 0.0794 e. The summed E-state index contributed by atoms with van der Waals surface area (Å²) >= 11 is 1.73. The van der Waals surface area contributed by atoms with Crippen LogP contribution >= 0.6 is 11.3 Å². The van der Waals surface area contributed by atoms with Crippen LogP contribution in [0.25, 0.3) is 10.6 Å². The molecule has 1 aromatic carbocycles. The van der Waals surface area contributed by atoms with Crippen LogP contribution < -0.4 is 5.32 Å². The number of hydrogen-bond donors (Lipinski definition) is 2. The lowest BCUT2D eigenvalue weighted by atomic mass is 10.1. The minimum absolute atomic E-state index is 0.322. The highest BCUT2D eigenvalue weighted by molar-refractivity contribution is 7.13. The first-order chi connectivity index (χ1) is 9.84. The molecule has 0 aliphatic carbocycles. The van der Waals surface area contributed by atoms with Gasteiger partial charge in [0.15, 0.2) is 0 Å². The van der Waals surface area contributed by atoms with Gasteiger partial charge in [0.05, 0.1) is 16.8 Å². The highest BCUT2D eigenvalue weighted by atomic mass is 32.1. The predicted octanol–water partition coefficient (Wildman–Crippen LogP) is 3.99. The van der Waals surface area contributed by atoms with Gasteiger partial charge in [-0.2, -0.15) is 5.10 Å². The molecule has 0 amide bonds. The first kappa shape index (κ1) is 13.1. The van der Waals surface area contributed by atoms with Gasteiger partial charge in [-0.25, -0.2) is 0 Å². The number of benzene rings is 1. The zero-order chi connectivity index (χ0) is 13.8. The number of rotatable bonds is 5. The molecule has 0 aliphatic rings. The molecule has 3 aromatic rings. The van der Waals surface area contributed by atoms with E-state index in [0.29, 0.717) is 6.04 Å². The Kier molecular flexibility index (Phi) is 3.95. The van der Waals surface area contributed by atoms with Crippen molar-refractivity contribution in [2.24, 2.45) is 0 Å². The number of aromatic amines is 1. The third kappa shape index (κ3) is 2.81. The number of aromatic nitrogens is 2. The lowest BCUT2D eigenvalue weighted by Gasteiger charge is -2.14. The number of hydrogen-bond acceptors (Lipinski definition) is 3. The third-order valence-electron chi connectivity index (χ3n) is 3.38. The van der Waals surface area contributed by atoms with E-state index in [-0.39, 0.29) is 0 Å². The summed E-state index contributed by atoms with van der Waals surface area (Å²) in [5.74, 6) is 0. The fourth-order valence-corrected chi connectivity index (χ4v) is 2.96. The lowest BCUT2D eigenvalue weighted by molar-refractivity contribution is 0.575. The molecule has 1 unspecified atom stereocenters. The van der Waals surface area contributed by atoms with E-state index in [2.05, 4.69) is 64.2 Å². The van der Waals surface area contributed by atoms with Gasteiger partial charge in [-0.1, -0.05) is 36.4 Å². The molecule has 3 rings (SSSR count). The van der Waals surface area contributed by atoms with Gasteiger partial charge in [0.25, 0.3) is 0 Å². The Hall–Kier alpha value is -1.91. The fourth-order valence-electron chi connectivity index (χ4n) is 2.20. The van der Waals surface area contributed by atoms with Crippen LogP contribution in [0.1, 0.15) is 24.1 Å². The van der Waals surface area contributed by atoms with Crippen molar-refractivity contribution in [1.29, 1.82) is 0 Å². The Balaban J connectivity index is 1.69. The fraction of sp³-hybridized carbons (Fsp3) is 0.188. The van der Waals surface area contributed by atoms with Gasteiger partial charge < -0.3 is 5.32 Å². The Morgan fingerprint density at radius 2 is 2.05 bits per heavy atom. The third-order valence-corrected chi connectivity index (χ3v) is 4.27. The minimum atomic E-state index is 0.322. The van der Waals surface area contributed by atoms with Crippen molar-refractivity contribution in [2.75, 3.05) is 0 Å². The molecule has 20 heavy (non-hydrogen) atoms. The molecule has 0 fully saturated rings. The summed E-state index contributed by atoms with van der Waals surface area (Å²) < 4.78 is 0. The zero-order valence-corrected chi connectivity index (χ0v) is 12.2. The molecule has 2 N–H and O–H groups in total. The molecule has 0 spiro atoms. The van der Waals surface area contributed by atoms with E-state index in [1.54, 1.807) is 11.3 Å². The number of nitrogens with one attached hydrogen (secondary N) is 2. The van der Waals surface area contributed by atoms with Crippen LogP contribution in [0.2, 0.25) is 0 Å². The van der Waals surface area contributed by atoms with Crippen LogP contribution in [0.3, 0.4) is 0 Å². The van der Waals surface area contributed by atoms with Gasteiger partial charge in [-0.3, -0.25) is 5.10 Å². The number of H-pyrrole nitrogens is 1. The van der Waals surface area contributed by atoms with Crippen molar-refractivity contribution >= 4 is 11.3 Å². The summed E-state index contributed by atoms with van der Waals surface area (Å²) in [6.07, 6.45) is 1.90. The van der Waals surface area contributed by atoms with E-state index in [1.165, 1.54) is 16.0 Å². The average molecular weight is 283 g/mol. The summed E-state index contributed by atoms with van der Waals surface area (Å²) in [7, 11) is 0. The zero-order valence-electron chi connectivity index (χ0n) is 11.3. The van der Waals surface area contributed by atoms with E-state index in [0.717, 1.165) is 12.2 Å². The molecular formula is C16H17N3S. The second-order valence-electron chi connectivity index (χ2n) is 4.76. The molecule has 0 saturated carbocycles. The normalized spacial score (nSPS) is 12.4. The maximum atomic E-state index is 4.17. The number of thiophene rings is 1. The number of nitrogens with zero attached hydrogens (tertiary/aromatic N) is 1. The van der Waals surface area contributed by atoms with Gasteiger partial charge in [-0.05, 0) is 23.9 Å². The minimum Gasteiger partial charge on any atom is -0.306 e. The van der Waals surface area contributed by atoms with Gasteiger partial charge in [0.1, 0.15) is 0 Å². The van der Waals surface area contributed by atoms with Crippen LogP contribution in [0.4, 0.5) is 0 Å². The standard InChI is InChI=1S/C16H17N3S/c1-12(13-6-3-2-4-7-13)17-10-14-11-18-19-16(14)15-8-5-9-20-15/h2-9,11-12,17H,10H2,1H3,(H,18,19). The monoisotopic (exact) mass is 283 g/mol. The SMILES string of the molecule is CC(NCc1cn[nH]c1-c1cccs1)c1ccccc1. The second-order valence-corrected chi connectivity index (χ2v) is 5.71. The molecule has 3 nitrogen and oxygen atoms in total. The van der Waals surface area contributed by atoms with Crippen LogP contribution in [0.5, 0.6) is 0 Å². The van der Waals surface area contributed by atoms with Crippen LogP contribution in [0.15, 0.2) is 54.0 Å². The molecule has 0 bridgehead atoms. The summed E-state index contributed by atoms with van der Waals surface area (Å²) in [6.45, 7) is 2.99. The smallest absolute Gasteiger partial charge is 0.0794 e. The summed E-state index contributed by atoms with van der Waals surface area (Å²) in [5.41, 5.74) is 3.62. The average Bonchev–Trinajstić information content (AvgIpc) is 3.16. The van der Waals surface area contributed by atoms with Crippen molar-refractivity contribution in [2.45, 2.75) is 19.5 Å². The molecule has 1 atom stereocenters. The quantitative estimate of drug-likeness (QED) is 0.743. The van der Waals surface area contributed by atoms with Crippen LogP contribution in [-0.2, 0) is 6.54 Å². The lowest BCUT2D eigenvalue weighted by Crippen LogP contribution is -2.18. The Morgan fingerprint density at radius 1 is 1.20 bits per heavy atom. The molecule has 102 valence electrons. The topological polar surface area (TPSA) is 40.7 Å². The molecule has 2 heterocycles. The Morgan fingerprint density at radius 3 is 2.80 bits per heavy atom. The van der Waals surface area contributed by atoms with Crippen molar-refractivity contribution in [1.82, 2.24) is 15.5 Å². The van der Waals surface area contributed by atoms with Gasteiger partial charge in [0.2, 0.25) is 0 Å². The van der Waals surface area contributed by atoms with Gasteiger partial charge in [-0.15, -0.1) is 11.3 Å². The highest BCUT2D eigenvalue weighted by Gasteiger charge is 2.10. The summed E-state index contributed by atoms with van der Waals surface area (Å²) in [4.78, 5) is 1.23. The molecular weight excluding hydrogens is 266 g/mol. The highest BCUT2D eigenvalue weighted by Crippen LogP contribution is 2.26. The molecule has 0 saturated heterocycles. The van der Waals surface area contributed by atoms with Crippen molar-refractivity contribution in [3.63, 3.8) is 0 Å². The van der Waals surface area contributed by atoms with Crippen molar-refractivity contribution in [3.8, 4) is 10.6 Å². The van der Waals surface area contributed by atoms with Gasteiger partial charge >= 0.3 is 0 Å². The van der Waals surface area contributed by atoms with E-state index in [4.69, 9.17) is 0 Å². The molecule has 0 aliphatic heterocycles. The molecule has 4 heteroatoms. The molecule has 2 aromatic heterocycles. The first-order valence-electron chi connectivity index (χ1n) is 6.69. The first-order valence-corrected chi connectivity index (χ1v) is 7.57. The Bertz CT molecular complexity index is 643. The maximum absolute atomic E-state index is 4.17. The van der Waals surface area contributed by atoms with Crippen LogP contribution in [0, 0.1) is 0 Å². The van der Waals surface area contributed by atoms with Gasteiger partial charge in [0, 0.05) is 18.2 Å². The summed E-state index contributed by atoms with van der Waals surface area (Å²) in [6, 6.07) is 15.0. The van der Waals surface area contributed by atoms with E-state index >= 15 is 0 Å². The molecule has 0 radical (unpaired) electrons.